The second-order valence-corrected chi connectivity index (χ2v) is 3.68. The Morgan fingerprint density at radius 2 is 1.87 bits per heavy atom. The van der Waals surface area contributed by atoms with E-state index in [9.17, 15) is 13.2 Å². The summed E-state index contributed by atoms with van der Waals surface area (Å²) in [6, 6.07) is 0.00218. The smallest absolute Gasteiger partial charge is 0.370 e. The van der Waals surface area contributed by atoms with Crippen molar-refractivity contribution < 1.29 is 17.9 Å². The molecule has 0 spiro atoms. The highest BCUT2D eigenvalue weighted by Crippen LogP contribution is 2.15. The van der Waals surface area contributed by atoms with E-state index in [1.807, 2.05) is 20.8 Å². The van der Waals surface area contributed by atoms with E-state index in [-0.39, 0.29) is 12.6 Å². The van der Waals surface area contributed by atoms with Gasteiger partial charge in [0.15, 0.2) is 0 Å². The fourth-order valence-electron chi connectivity index (χ4n) is 1.27. The molecule has 2 unspecified atom stereocenters. The van der Waals surface area contributed by atoms with E-state index >= 15 is 0 Å². The Morgan fingerprint density at radius 1 is 1.27 bits per heavy atom. The van der Waals surface area contributed by atoms with Crippen LogP contribution in [-0.2, 0) is 4.74 Å². The lowest BCUT2D eigenvalue weighted by Gasteiger charge is -2.23. The molecule has 0 rings (SSSR count). The highest BCUT2D eigenvalue weighted by Gasteiger charge is 2.28. The predicted octanol–water partition coefficient (Wildman–Crippen LogP) is 2.59. The topological polar surface area (TPSA) is 21.3 Å². The first-order valence-electron chi connectivity index (χ1n) is 5.28. The molecule has 0 saturated carbocycles. The maximum Gasteiger partial charge on any atom is 0.411 e. The van der Waals surface area contributed by atoms with E-state index < -0.39 is 12.8 Å². The summed E-state index contributed by atoms with van der Waals surface area (Å²) in [7, 11) is 0. The molecular formula is C10H20F3NO. The van der Waals surface area contributed by atoms with Gasteiger partial charge >= 0.3 is 6.18 Å². The second kappa shape index (κ2) is 7.06. The average molecular weight is 227 g/mol. The van der Waals surface area contributed by atoms with Crippen molar-refractivity contribution >= 4 is 0 Å². The van der Waals surface area contributed by atoms with Gasteiger partial charge in [0.2, 0.25) is 0 Å². The molecule has 0 heterocycles. The van der Waals surface area contributed by atoms with E-state index in [4.69, 9.17) is 0 Å². The van der Waals surface area contributed by atoms with E-state index in [0.29, 0.717) is 5.92 Å². The minimum absolute atomic E-state index is 0.00218. The lowest BCUT2D eigenvalue weighted by Crippen LogP contribution is -2.39. The number of ether oxygens (including phenoxy) is 1. The molecule has 2 atom stereocenters. The van der Waals surface area contributed by atoms with Crippen molar-refractivity contribution in [3.05, 3.63) is 0 Å². The molecular weight excluding hydrogens is 207 g/mol. The maximum absolute atomic E-state index is 11.8. The Labute approximate surface area is 89.2 Å². The van der Waals surface area contributed by atoms with Gasteiger partial charge in [-0.15, -0.1) is 0 Å². The van der Waals surface area contributed by atoms with Crippen molar-refractivity contribution in [1.29, 1.82) is 0 Å². The summed E-state index contributed by atoms with van der Waals surface area (Å²) in [5, 5.41) is 3.13. The summed E-state index contributed by atoms with van der Waals surface area (Å²) in [6.45, 7) is 5.64. The van der Waals surface area contributed by atoms with Crippen molar-refractivity contribution in [3.8, 4) is 0 Å². The van der Waals surface area contributed by atoms with Crippen LogP contribution in [0.4, 0.5) is 13.2 Å². The van der Waals surface area contributed by atoms with Gasteiger partial charge in [-0.1, -0.05) is 27.2 Å². The van der Waals surface area contributed by atoms with Gasteiger partial charge in [0.1, 0.15) is 6.61 Å². The molecule has 0 aromatic heterocycles. The Kier molecular flexibility index (Phi) is 6.92. The number of halogens is 3. The standard InChI is InChI=1S/C10H20F3NO/c1-4-8(3)9(14-5-2)6-15-7-10(11,12)13/h8-9,14H,4-7H2,1-3H3. The molecule has 0 aliphatic carbocycles. The van der Waals surface area contributed by atoms with Crippen LogP contribution in [0.15, 0.2) is 0 Å². The van der Waals surface area contributed by atoms with Crippen LogP contribution in [0, 0.1) is 5.92 Å². The first kappa shape index (κ1) is 14.7. The Bertz CT molecular complexity index is 161. The third-order valence-electron chi connectivity index (χ3n) is 2.36. The molecule has 0 aromatic rings. The van der Waals surface area contributed by atoms with Gasteiger partial charge in [-0.05, 0) is 12.5 Å². The lowest BCUT2D eigenvalue weighted by molar-refractivity contribution is -0.176. The highest BCUT2D eigenvalue weighted by molar-refractivity contribution is 4.71. The molecule has 92 valence electrons. The van der Waals surface area contributed by atoms with Crippen molar-refractivity contribution in [2.24, 2.45) is 5.92 Å². The summed E-state index contributed by atoms with van der Waals surface area (Å²) in [4.78, 5) is 0. The Hall–Kier alpha value is -0.290. The van der Waals surface area contributed by atoms with Crippen LogP contribution in [0.1, 0.15) is 27.2 Å². The third kappa shape index (κ3) is 7.62. The van der Waals surface area contributed by atoms with Crippen molar-refractivity contribution in [1.82, 2.24) is 5.32 Å². The van der Waals surface area contributed by atoms with E-state index in [2.05, 4.69) is 10.1 Å². The van der Waals surface area contributed by atoms with Crippen LogP contribution in [-0.4, -0.2) is 32.0 Å². The van der Waals surface area contributed by atoms with E-state index in [1.165, 1.54) is 0 Å². The van der Waals surface area contributed by atoms with Crippen molar-refractivity contribution in [2.45, 2.75) is 39.4 Å². The minimum Gasteiger partial charge on any atom is -0.370 e. The monoisotopic (exact) mass is 227 g/mol. The molecule has 0 bridgehead atoms. The molecule has 0 amide bonds. The molecule has 0 radical (unpaired) electrons. The molecule has 0 fully saturated rings. The Balaban J connectivity index is 3.86. The van der Waals surface area contributed by atoms with Gasteiger partial charge < -0.3 is 10.1 Å². The van der Waals surface area contributed by atoms with Crippen LogP contribution in [0.2, 0.25) is 0 Å². The van der Waals surface area contributed by atoms with Crippen LogP contribution >= 0.6 is 0 Å². The number of alkyl halides is 3. The molecule has 0 aliphatic heterocycles. The molecule has 1 N–H and O–H groups in total. The zero-order valence-electron chi connectivity index (χ0n) is 9.53. The van der Waals surface area contributed by atoms with Gasteiger partial charge in [0, 0.05) is 6.04 Å². The van der Waals surface area contributed by atoms with Crippen LogP contribution in [0.5, 0.6) is 0 Å². The molecule has 2 nitrogen and oxygen atoms in total. The summed E-state index contributed by atoms with van der Waals surface area (Å²) in [5.74, 6) is 0.318. The first-order chi connectivity index (χ1) is 6.90. The van der Waals surface area contributed by atoms with Crippen LogP contribution in [0.3, 0.4) is 0 Å². The number of rotatable bonds is 7. The molecule has 5 heteroatoms. The SMILES string of the molecule is CCNC(COCC(F)(F)F)C(C)CC. The quantitative estimate of drug-likeness (QED) is 0.721. The normalized spacial score (nSPS) is 16.4. The van der Waals surface area contributed by atoms with Gasteiger partial charge in [-0.3, -0.25) is 0 Å². The Morgan fingerprint density at radius 3 is 2.27 bits per heavy atom. The summed E-state index contributed by atoms with van der Waals surface area (Å²) in [6.07, 6.45) is -3.31. The molecule has 0 aromatic carbocycles. The zero-order chi connectivity index (χ0) is 11.9. The fraction of sp³-hybridized carbons (Fsp3) is 1.00. The molecule has 0 aliphatic rings. The lowest BCUT2D eigenvalue weighted by atomic mass is 10.00. The summed E-state index contributed by atoms with van der Waals surface area (Å²) in [5.41, 5.74) is 0. The number of hydrogen-bond acceptors (Lipinski definition) is 2. The molecule has 0 saturated heterocycles. The van der Waals surface area contributed by atoms with Gasteiger partial charge in [0.05, 0.1) is 6.61 Å². The van der Waals surface area contributed by atoms with Crippen LogP contribution in [0.25, 0.3) is 0 Å². The van der Waals surface area contributed by atoms with E-state index in [0.717, 1.165) is 13.0 Å². The number of hydrogen-bond donors (Lipinski definition) is 1. The number of nitrogens with one attached hydrogen (secondary N) is 1. The summed E-state index contributed by atoms with van der Waals surface area (Å²) < 4.78 is 40.1. The van der Waals surface area contributed by atoms with Crippen LogP contribution < -0.4 is 5.32 Å². The largest absolute Gasteiger partial charge is 0.411 e. The maximum atomic E-state index is 11.8. The number of likely N-dealkylation sites (N-methyl/N-ethyl adjacent to an activating group) is 1. The van der Waals surface area contributed by atoms with Gasteiger partial charge in [0.25, 0.3) is 0 Å². The highest BCUT2D eigenvalue weighted by atomic mass is 19.4. The van der Waals surface area contributed by atoms with E-state index in [1.54, 1.807) is 0 Å². The minimum atomic E-state index is -4.23. The molecule has 15 heavy (non-hydrogen) atoms. The first-order valence-corrected chi connectivity index (χ1v) is 5.28. The average Bonchev–Trinajstić information content (AvgIpc) is 2.13. The summed E-state index contributed by atoms with van der Waals surface area (Å²) >= 11 is 0. The van der Waals surface area contributed by atoms with Crippen molar-refractivity contribution in [3.63, 3.8) is 0 Å². The fourth-order valence-corrected chi connectivity index (χ4v) is 1.27. The predicted molar refractivity (Wildman–Crippen MR) is 53.8 cm³/mol. The van der Waals surface area contributed by atoms with Gasteiger partial charge in [-0.25, -0.2) is 0 Å². The third-order valence-corrected chi connectivity index (χ3v) is 2.36. The van der Waals surface area contributed by atoms with Crippen molar-refractivity contribution in [2.75, 3.05) is 19.8 Å². The van der Waals surface area contributed by atoms with Gasteiger partial charge in [-0.2, -0.15) is 13.2 Å². The second-order valence-electron chi connectivity index (χ2n) is 3.68. The zero-order valence-corrected chi connectivity index (χ0v) is 9.53.